The van der Waals surface area contributed by atoms with Gasteiger partial charge in [0.1, 0.15) is 0 Å². The van der Waals surface area contributed by atoms with Crippen LogP contribution in [0.1, 0.15) is 40.0 Å². The fourth-order valence-corrected chi connectivity index (χ4v) is 11.1. The Bertz CT molecular complexity index is 47.5. The molecule has 60 valence electrons. The summed E-state index contributed by atoms with van der Waals surface area (Å²) in [6.07, 6.45) is 4.38. The molecule has 0 rings (SSSR count). The van der Waals surface area contributed by atoms with E-state index in [1.165, 1.54) is 19.3 Å². The fourth-order valence-electron chi connectivity index (χ4n) is 1.66. The van der Waals surface area contributed by atoms with Crippen LogP contribution in [0.2, 0.25) is 12.5 Å². The number of hydrogen-bond donors (Lipinski definition) is 0. The van der Waals surface area contributed by atoms with Gasteiger partial charge in [-0.3, -0.25) is 0 Å². The third-order valence-electron chi connectivity index (χ3n) is 2.09. The molecule has 0 aliphatic carbocycles. The summed E-state index contributed by atoms with van der Waals surface area (Å²) in [6.45, 7) is 7.03. The van der Waals surface area contributed by atoms with Crippen LogP contribution in [0.5, 0.6) is 0 Å². The zero-order valence-corrected chi connectivity index (χ0v) is 11.1. The molecule has 0 atom stereocenters. The summed E-state index contributed by atoms with van der Waals surface area (Å²) in [5.41, 5.74) is 0. The maximum absolute atomic E-state index is 2.34. The van der Waals surface area contributed by atoms with E-state index in [9.17, 15) is 0 Å². The summed E-state index contributed by atoms with van der Waals surface area (Å²) in [4.78, 5) is 0. The predicted octanol–water partition coefficient (Wildman–Crippen LogP) is 3.71. The van der Waals surface area contributed by atoms with Crippen LogP contribution in [0.3, 0.4) is 0 Å². The van der Waals surface area contributed by atoms with Gasteiger partial charge in [-0.15, -0.1) is 0 Å². The van der Waals surface area contributed by atoms with Crippen molar-refractivity contribution in [3.05, 3.63) is 0 Å². The van der Waals surface area contributed by atoms with Crippen molar-refractivity contribution < 1.29 is 0 Å². The van der Waals surface area contributed by atoms with Gasteiger partial charge in [0.15, 0.2) is 0 Å². The van der Waals surface area contributed by atoms with Crippen molar-refractivity contribution >= 4 is 21.4 Å². The molecule has 0 radical (unpaired) electrons. The van der Waals surface area contributed by atoms with Gasteiger partial charge in [0.25, 0.3) is 0 Å². The Kier molecular flexibility index (Phi) is 8.67. The summed E-state index contributed by atoms with van der Waals surface area (Å²) < 4.78 is 4.97. The van der Waals surface area contributed by atoms with Crippen LogP contribution >= 0.6 is 0 Å². The first-order chi connectivity index (χ1) is 4.85. The van der Waals surface area contributed by atoms with E-state index >= 15 is 0 Å². The van der Waals surface area contributed by atoms with E-state index in [2.05, 4.69) is 20.8 Å². The van der Waals surface area contributed by atoms with E-state index in [1.807, 2.05) is 0 Å². The molecule has 0 saturated carbocycles. The monoisotopic (exact) mass is 244 g/mol. The number of hydrogen-bond acceptors (Lipinski definition) is 0. The predicted molar refractivity (Wildman–Crippen MR) is 51.0 cm³/mol. The minimum atomic E-state index is -0.880. The van der Waals surface area contributed by atoms with Gasteiger partial charge in [0, 0.05) is 0 Å². The summed E-state index contributed by atoms with van der Waals surface area (Å²) in [5, 5.41) is 0. The topological polar surface area (TPSA) is 0 Å². The molecule has 0 spiro atoms. The third kappa shape index (κ3) is 5.64. The average molecular weight is 244 g/mol. The standard InChI is InChI=1S/3C3H7.In/c3*1-3-2;/h3*1,3H2,2H3;. The van der Waals surface area contributed by atoms with Crippen LogP contribution in [-0.4, -0.2) is 21.4 Å². The van der Waals surface area contributed by atoms with Crippen LogP contribution in [0.25, 0.3) is 0 Å². The van der Waals surface area contributed by atoms with Gasteiger partial charge in [0.2, 0.25) is 0 Å². The zero-order chi connectivity index (χ0) is 7.82. The van der Waals surface area contributed by atoms with Crippen LogP contribution in [0.15, 0.2) is 0 Å². The van der Waals surface area contributed by atoms with Crippen molar-refractivity contribution in [2.75, 3.05) is 0 Å². The molecule has 0 fully saturated rings. The third-order valence-corrected chi connectivity index (χ3v) is 14.0. The summed E-state index contributed by atoms with van der Waals surface area (Å²) >= 11 is -0.880. The van der Waals surface area contributed by atoms with Gasteiger partial charge in [-0.25, -0.2) is 0 Å². The molecule has 0 nitrogen and oxygen atoms in total. The van der Waals surface area contributed by atoms with Crippen molar-refractivity contribution in [2.24, 2.45) is 0 Å². The molecule has 1 heteroatoms. The second kappa shape index (κ2) is 7.97. The molecule has 0 aromatic carbocycles. The summed E-state index contributed by atoms with van der Waals surface area (Å²) in [7, 11) is 0. The quantitative estimate of drug-likeness (QED) is 0.668. The second-order valence-electron chi connectivity index (χ2n) is 3.23. The second-order valence-corrected chi connectivity index (χ2v) is 13.1. The molecule has 0 aliphatic rings. The average Bonchev–Trinajstić information content (AvgIpc) is 1.90. The van der Waals surface area contributed by atoms with Crippen molar-refractivity contribution in [3.63, 3.8) is 0 Å². The Morgan fingerprint density at radius 1 is 0.700 bits per heavy atom. The molecular formula is C9H21In. The molecular weight excluding hydrogens is 223 g/mol. The molecule has 0 heterocycles. The molecule has 0 bridgehead atoms. The van der Waals surface area contributed by atoms with E-state index in [0.29, 0.717) is 0 Å². The first kappa shape index (κ1) is 10.9. The van der Waals surface area contributed by atoms with Crippen LogP contribution in [0.4, 0.5) is 0 Å². The van der Waals surface area contributed by atoms with Gasteiger partial charge in [-0.05, 0) is 0 Å². The van der Waals surface area contributed by atoms with Crippen molar-refractivity contribution in [1.29, 1.82) is 0 Å². The summed E-state index contributed by atoms with van der Waals surface area (Å²) in [6, 6.07) is 0. The Labute approximate surface area is 73.9 Å². The van der Waals surface area contributed by atoms with E-state index in [1.54, 1.807) is 12.5 Å². The molecule has 0 unspecified atom stereocenters. The van der Waals surface area contributed by atoms with Gasteiger partial charge >= 0.3 is 74.0 Å². The van der Waals surface area contributed by atoms with Crippen molar-refractivity contribution in [2.45, 2.75) is 52.6 Å². The zero-order valence-electron chi connectivity index (χ0n) is 7.82. The van der Waals surface area contributed by atoms with E-state index in [4.69, 9.17) is 0 Å². The Morgan fingerprint density at radius 2 is 1.00 bits per heavy atom. The SMILES string of the molecule is CC[CH2][In]([CH2]CC)[CH2]CC. The Balaban J connectivity index is 3.30. The first-order valence-corrected chi connectivity index (χ1v) is 11.8. The van der Waals surface area contributed by atoms with Crippen LogP contribution < -0.4 is 0 Å². The van der Waals surface area contributed by atoms with E-state index in [-0.39, 0.29) is 0 Å². The van der Waals surface area contributed by atoms with E-state index in [0.717, 1.165) is 0 Å². The van der Waals surface area contributed by atoms with Gasteiger partial charge in [0.05, 0.1) is 0 Å². The van der Waals surface area contributed by atoms with Crippen LogP contribution in [-0.2, 0) is 0 Å². The van der Waals surface area contributed by atoms with Gasteiger partial charge in [-0.2, -0.15) is 0 Å². The molecule has 0 amide bonds. The molecule has 0 N–H and O–H groups in total. The molecule has 10 heavy (non-hydrogen) atoms. The van der Waals surface area contributed by atoms with Gasteiger partial charge < -0.3 is 0 Å². The molecule has 0 aromatic heterocycles. The first-order valence-electron chi connectivity index (χ1n) is 4.85. The fraction of sp³-hybridized carbons (Fsp3) is 1.00. The molecule has 0 aromatic rings. The number of rotatable bonds is 6. The van der Waals surface area contributed by atoms with E-state index < -0.39 is 21.4 Å². The maximum atomic E-state index is 2.34. The van der Waals surface area contributed by atoms with Crippen LogP contribution in [0, 0.1) is 0 Å². The normalized spacial score (nSPS) is 9.90. The molecule has 0 aliphatic heterocycles. The molecule has 0 saturated heterocycles. The van der Waals surface area contributed by atoms with Crippen molar-refractivity contribution in [1.82, 2.24) is 0 Å². The Morgan fingerprint density at radius 3 is 1.20 bits per heavy atom. The van der Waals surface area contributed by atoms with Crippen molar-refractivity contribution in [3.8, 4) is 0 Å². The summed E-state index contributed by atoms with van der Waals surface area (Å²) in [5.74, 6) is 0. The van der Waals surface area contributed by atoms with Gasteiger partial charge in [-0.1, -0.05) is 0 Å². The minimum absolute atomic E-state index is 0.880. The Hall–Kier alpha value is 0.870.